The number of carbonyl (C=O) groups is 1. The number of fused-ring (bicyclic) bond motifs is 1. The van der Waals surface area contributed by atoms with Crippen LogP contribution in [0, 0.1) is 17.1 Å². The maximum atomic E-state index is 13.3. The smallest absolute Gasteiger partial charge is 0.234 e. The van der Waals surface area contributed by atoms with E-state index in [2.05, 4.69) is 5.32 Å². The molecule has 0 fully saturated rings. The molecule has 0 saturated heterocycles. The van der Waals surface area contributed by atoms with Crippen LogP contribution in [0.3, 0.4) is 0 Å². The second kappa shape index (κ2) is 2.80. The van der Waals surface area contributed by atoms with Crippen molar-refractivity contribution in [3.05, 3.63) is 29.1 Å². The molecule has 1 aliphatic rings. The highest BCUT2D eigenvalue weighted by atomic mass is 19.1. The van der Waals surface area contributed by atoms with Gasteiger partial charge in [-0.3, -0.25) is 4.79 Å². The van der Waals surface area contributed by atoms with E-state index in [1.165, 1.54) is 12.1 Å². The lowest BCUT2D eigenvalue weighted by atomic mass is 9.85. The number of nitrogens with zero attached hydrogens (tertiary/aromatic N) is 1. The summed E-state index contributed by atoms with van der Waals surface area (Å²) in [4.78, 5) is 11.5. The maximum absolute atomic E-state index is 13.3. The Labute approximate surface area is 86.5 Å². The van der Waals surface area contributed by atoms with Crippen LogP contribution in [-0.2, 0) is 10.2 Å². The molecule has 4 heteroatoms. The second-order valence-electron chi connectivity index (χ2n) is 4.07. The molecule has 1 aliphatic heterocycles. The van der Waals surface area contributed by atoms with Crippen molar-refractivity contribution >= 4 is 11.6 Å². The van der Waals surface area contributed by atoms with Crippen LogP contribution >= 0.6 is 0 Å². The van der Waals surface area contributed by atoms with Crippen LogP contribution in [0.4, 0.5) is 10.1 Å². The van der Waals surface area contributed by atoms with Gasteiger partial charge in [0.2, 0.25) is 5.91 Å². The highest BCUT2D eigenvalue weighted by molar-refractivity contribution is 6.05. The molecule has 0 bridgehead atoms. The van der Waals surface area contributed by atoms with E-state index < -0.39 is 11.2 Å². The first-order valence-corrected chi connectivity index (χ1v) is 4.52. The predicted molar refractivity (Wildman–Crippen MR) is 52.8 cm³/mol. The third kappa shape index (κ3) is 1.20. The molecule has 1 amide bonds. The summed E-state index contributed by atoms with van der Waals surface area (Å²) >= 11 is 0. The minimum Gasteiger partial charge on any atom is -0.325 e. The average Bonchev–Trinajstić information content (AvgIpc) is 2.37. The molecular formula is C11H9FN2O. The van der Waals surface area contributed by atoms with Crippen molar-refractivity contribution in [1.82, 2.24) is 0 Å². The minimum atomic E-state index is -0.700. The van der Waals surface area contributed by atoms with E-state index in [1.54, 1.807) is 19.9 Å². The molecule has 0 aliphatic carbocycles. The highest BCUT2D eigenvalue weighted by Gasteiger charge is 2.39. The van der Waals surface area contributed by atoms with Crippen LogP contribution in [0.25, 0.3) is 0 Å². The van der Waals surface area contributed by atoms with Gasteiger partial charge in [0.25, 0.3) is 0 Å². The lowest BCUT2D eigenvalue weighted by Crippen LogP contribution is -2.26. The number of carbonyl (C=O) groups excluding carboxylic acids is 1. The number of nitrogens with one attached hydrogen (secondary N) is 1. The molecule has 3 nitrogen and oxygen atoms in total. The summed E-state index contributed by atoms with van der Waals surface area (Å²) in [6, 6.07) is 4.39. The Balaban J connectivity index is 2.69. The fourth-order valence-electron chi connectivity index (χ4n) is 1.68. The molecule has 1 aromatic rings. The highest BCUT2D eigenvalue weighted by Crippen LogP contribution is 2.38. The molecule has 2 rings (SSSR count). The van der Waals surface area contributed by atoms with Crippen molar-refractivity contribution in [2.45, 2.75) is 19.3 Å². The molecule has 76 valence electrons. The summed E-state index contributed by atoms with van der Waals surface area (Å²) in [5.74, 6) is -0.777. The molecule has 0 atom stereocenters. The van der Waals surface area contributed by atoms with Crippen molar-refractivity contribution in [2.75, 3.05) is 5.32 Å². The summed E-state index contributed by atoms with van der Waals surface area (Å²) in [6.45, 7) is 3.49. The Morgan fingerprint density at radius 3 is 2.73 bits per heavy atom. The Kier molecular flexibility index (Phi) is 1.80. The van der Waals surface area contributed by atoms with Crippen LogP contribution in [0.2, 0.25) is 0 Å². The second-order valence-corrected chi connectivity index (χ2v) is 4.07. The molecule has 15 heavy (non-hydrogen) atoms. The summed E-state index contributed by atoms with van der Waals surface area (Å²) < 4.78 is 13.3. The largest absolute Gasteiger partial charge is 0.325 e. The van der Waals surface area contributed by atoms with Crippen LogP contribution in [0.15, 0.2) is 12.1 Å². The Morgan fingerprint density at radius 2 is 2.13 bits per heavy atom. The van der Waals surface area contributed by atoms with Gasteiger partial charge in [-0.1, -0.05) is 0 Å². The quantitative estimate of drug-likeness (QED) is 0.702. The zero-order valence-corrected chi connectivity index (χ0v) is 8.39. The SMILES string of the molecule is CC1(C)C(=O)Nc2cc(F)c(C#N)cc21. The summed E-state index contributed by atoms with van der Waals surface area (Å²) in [5.41, 5.74) is 0.402. The number of hydrogen-bond acceptors (Lipinski definition) is 2. The van der Waals surface area contributed by atoms with Crippen molar-refractivity contribution < 1.29 is 9.18 Å². The van der Waals surface area contributed by atoms with Crippen LogP contribution in [0.5, 0.6) is 0 Å². The van der Waals surface area contributed by atoms with E-state index >= 15 is 0 Å². The van der Waals surface area contributed by atoms with Gasteiger partial charge in [-0.25, -0.2) is 4.39 Å². The lowest BCUT2D eigenvalue weighted by molar-refractivity contribution is -0.119. The first-order valence-electron chi connectivity index (χ1n) is 4.52. The monoisotopic (exact) mass is 204 g/mol. The number of halogens is 1. The third-order valence-electron chi connectivity index (χ3n) is 2.72. The van der Waals surface area contributed by atoms with Gasteiger partial charge >= 0.3 is 0 Å². The van der Waals surface area contributed by atoms with E-state index in [-0.39, 0.29) is 11.5 Å². The molecule has 0 saturated carbocycles. The molecule has 0 unspecified atom stereocenters. The van der Waals surface area contributed by atoms with Gasteiger partial charge in [-0.15, -0.1) is 0 Å². The third-order valence-corrected chi connectivity index (χ3v) is 2.72. The predicted octanol–water partition coefficient (Wildman–Crippen LogP) is 1.93. The molecular weight excluding hydrogens is 195 g/mol. The van der Waals surface area contributed by atoms with Gasteiger partial charge < -0.3 is 5.32 Å². The fourth-order valence-corrected chi connectivity index (χ4v) is 1.68. The van der Waals surface area contributed by atoms with Gasteiger partial charge in [0.15, 0.2) is 0 Å². The van der Waals surface area contributed by atoms with Crippen LogP contribution in [0.1, 0.15) is 25.0 Å². The van der Waals surface area contributed by atoms with Crippen molar-refractivity contribution in [1.29, 1.82) is 5.26 Å². The molecule has 0 aromatic heterocycles. The van der Waals surface area contributed by atoms with Gasteiger partial charge in [0, 0.05) is 5.69 Å². The lowest BCUT2D eigenvalue weighted by Gasteiger charge is -2.14. The first-order chi connectivity index (χ1) is 6.96. The fraction of sp³-hybridized carbons (Fsp3) is 0.273. The molecule has 1 N–H and O–H groups in total. The number of rotatable bonds is 0. The van der Waals surface area contributed by atoms with E-state index in [4.69, 9.17) is 5.26 Å². The first kappa shape index (κ1) is 9.66. The number of anilines is 1. The van der Waals surface area contributed by atoms with Gasteiger partial charge in [-0.2, -0.15) is 5.26 Å². The zero-order valence-electron chi connectivity index (χ0n) is 8.39. The summed E-state index contributed by atoms with van der Waals surface area (Å²) in [6.07, 6.45) is 0. The van der Waals surface area contributed by atoms with Crippen molar-refractivity contribution in [2.24, 2.45) is 0 Å². The number of benzene rings is 1. The van der Waals surface area contributed by atoms with E-state index in [0.717, 1.165) is 0 Å². The summed E-state index contributed by atoms with van der Waals surface area (Å²) in [5, 5.41) is 11.3. The Morgan fingerprint density at radius 1 is 1.47 bits per heavy atom. The number of amides is 1. The number of hydrogen-bond donors (Lipinski definition) is 1. The van der Waals surface area contributed by atoms with Gasteiger partial charge in [-0.05, 0) is 31.5 Å². The van der Waals surface area contributed by atoms with Gasteiger partial charge in [0.1, 0.15) is 11.9 Å². The molecule has 0 radical (unpaired) electrons. The van der Waals surface area contributed by atoms with Gasteiger partial charge in [0.05, 0.1) is 11.0 Å². The van der Waals surface area contributed by atoms with E-state index in [0.29, 0.717) is 11.3 Å². The van der Waals surface area contributed by atoms with E-state index in [1.807, 2.05) is 0 Å². The Bertz CT molecular complexity index is 500. The van der Waals surface area contributed by atoms with Crippen molar-refractivity contribution in [3.8, 4) is 6.07 Å². The normalized spacial score (nSPS) is 16.8. The van der Waals surface area contributed by atoms with Crippen molar-refractivity contribution in [3.63, 3.8) is 0 Å². The molecule has 1 aromatic carbocycles. The molecule has 1 heterocycles. The summed E-state index contributed by atoms with van der Waals surface area (Å²) in [7, 11) is 0. The number of nitriles is 1. The standard InChI is InChI=1S/C11H9FN2O/c1-11(2)7-3-6(5-13)8(12)4-9(7)14-10(11)15/h3-4H,1-2H3,(H,14,15). The zero-order chi connectivity index (χ0) is 11.2. The minimum absolute atomic E-state index is 0.0293. The van der Waals surface area contributed by atoms with Crippen LogP contribution < -0.4 is 5.32 Å². The maximum Gasteiger partial charge on any atom is 0.234 e. The molecule has 0 spiro atoms. The Hall–Kier alpha value is -1.89. The topological polar surface area (TPSA) is 52.9 Å². The van der Waals surface area contributed by atoms with E-state index in [9.17, 15) is 9.18 Å². The average molecular weight is 204 g/mol. The van der Waals surface area contributed by atoms with Crippen LogP contribution in [-0.4, -0.2) is 5.91 Å².